The molecule has 0 aromatic heterocycles. The van der Waals surface area contributed by atoms with Gasteiger partial charge in [-0.1, -0.05) is 18.2 Å². The molecule has 0 spiro atoms. The van der Waals surface area contributed by atoms with Crippen LogP contribution in [0.5, 0.6) is 0 Å². The summed E-state index contributed by atoms with van der Waals surface area (Å²) in [5.74, 6) is 0. The van der Waals surface area contributed by atoms with Crippen LogP contribution in [-0.4, -0.2) is 32.1 Å². The molecule has 0 aliphatic heterocycles. The van der Waals surface area contributed by atoms with E-state index in [1.165, 1.54) is 17.7 Å². The second kappa shape index (κ2) is 9.76. The Balaban J connectivity index is 0. The molecule has 0 atom stereocenters. The fourth-order valence-electron chi connectivity index (χ4n) is 1.39. The van der Waals surface area contributed by atoms with Crippen LogP contribution in [0.3, 0.4) is 0 Å². The Morgan fingerprint density at radius 3 is 2.31 bits per heavy atom. The van der Waals surface area contributed by atoms with Gasteiger partial charge in [0, 0.05) is 12.2 Å². The molecule has 0 amide bonds. The van der Waals surface area contributed by atoms with Crippen molar-refractivity contribution in [2.24, 2.45) is 0 Å². The zero-order valence-corrected chi connectivity index (χ0v) is 11.8. The lowest BCUT2D eigenvalue weighted by Crippen LogP contribution is -2.16. The maximum Gasteiger partial charge on any atom is 0.0369 e. The second-order valence-electron chi connectivity index (χ2n) is 3.90. The molecular weight excluding hydrogens is 243 g/mol. The van der Waals surface area contributed by atoms with Crippen molar-refractivity contribution in [1.82, 2.24) is 4.90 Å². The lowest BCUT2D eigenvalue weighted by atomic mass is 10.2. The summed E-state index contributed by atoms with van der Waals surface area (Å²) in [6.07, 6.45) is 1.18. The van der Waals surface area contributed by atoms with Crippen molar-refractivity contribution in [3.63, 3.8) is 0 Å². The van der Waals surface area contributed by atoms with Gasteiger partial charge in [0.25, 0.3) is 0 Å². The minimum atomic E-state index is 0. The molecule has 1 rings (SSSR count). The summed E-state index contributed by atoms with van der Waals surface area (Å²) in [7, 11) is 4.21. The largest absolute Gasteiger partial charge is 0.385 e. The van der Waals surface area contributed by atoms with Gasteiger partial charge in [-0.15, -0.1) is 24.8 Å². The first-order chi connectivity index (χ1) is 6.70. The molecule has 0 heterocycles. The third kappa shape index (κ3) is 6.94. The van der Waals surface area contributed by atoms with Gasteiger partial charge in [-0.25, -0.2) is 0 Å². The monoisotopic (exact) mass is 264 g/mol. The van der Waals surface area contributed by atoms with Crippen LogP contribution in [0.15, 0.2) is 24.3 Å². The smallest absolute Gasteiger partial charge is 0.0369 e. The number of hydrogen-bond donors (Lipinski definition) is 1. The predicted octanol–water partition coefficient (Wildman–Crippen LogP) is 3.20. The molecule has 0 aliphatic carbocycles. The third-order valence-corrected chi connectivity index (χ3v) is 2.24. The summed E-state index contributed by atoms with van der Waals surface area (Å²) in [6.45, 7) is 4.32. The van der Waals surface area contributed by atoms with Crippen molar-refractivity contribution in [3.8, 4) is 0 Å². The molecule has 16 heavy (non-hydrogen) atoms. The first kappa shape index (κ1) is 17.9. The highest BCUT2D eigenvalue weighted by molar-refractivity contribution is 5.85. The standard InChI is InChI=1S/C12H20N2.2ClH/c1-11-7-4-5-8-12(11)13-9-6-10-14(2)3;;/h4-5,7-8,13H,6,9-10H2,1-3H3;2*1H. The zero-order valence-electron chi connectivity index (χ0n) is 10.2. The highest BCUT2D eigenvalue weighted by Gasteiger charge is 1.95. The molecule has 0 aliphatic rings. The molecular formula is C12H22Cl2N2. The Hall–Kier alpha value is -0.440. The van der Waals surface area contributed by atoms with Gasteiger partial charge in [0.15, 0.2) is 0 Å². The van der Waals surface area contributed by atoms with Crippen molar-refractivity contribution in [1.29, 1.82) is 0 Å². The number of anilines is 1. The minimum absolute atomic E-state index is 0. The summed E-state index contributed by atoms with van der Waals surface area (Å²) < 4.78 is 0. The van der Waals surface area contributed by atoms with Gasteiger partial charge in [0.2, 0.25) is 0 Å². The van der Waals surface area contributed by atoms with E-state index in [9.17, 15) is 0 Å². The molecule has 1 aromatic rings. The van der Waals surface area contributed by atoms with Crippen molar-refractivity contribution in [3.05, 3.63) is 29.8 Å². The van der Waals surface area contributed by atoms with Crippen LogP contribution >= 0.6 is 24.8 Å². The molecule has 0 fully saturated rings. The first-order valence-electron chi connectivity index (χ1n) is 5.14. The van der Waals surface area contributed by atoms with Gasteiger partial charge < -0.3 is 10.2 Å². The van der Waals surface area contributed by atoms with E-state index in [1.54, 1.807) is 0 Å². The fraction of sp³-hybridized carbons (Fsp3) is 0.500. The van der Waals surface area contributed by atoms with Crippen LogP contribution in [0.1, 0.15) is 12.0 Å². The molecule has 94 valence electrons. The number of para-hydroxylation sites is 1. The molecule has 1 N–H and O–H groups in total. The summed E-state index contributed by atoms with van der Waals surface area (Å²) in [5, 5.41) is 3.44. The number of rotatable bonds is 5. The number of benzene rings is 1. The maximum atomic E-state index is 3.44. The maximum absolute atomic E-state index is 3.44. The van der Waals surface area contributed by atoms with E-state index in [-0.39, 0.29) is 24.8 Å². The van der Waals surface area contributed by atoms with E-state index >= 15 is 0 Å². The molecule has 0 saturated carbocycles. The quantitative estimate of drug-likeness (QED) is 0.822. The van der Waals surface area contributed by atoms with Gasteiger partial charge in [-0.05, 0) is 45.6 Å². The van der Waals surface area contributed by atoms with Crippen LogP contribution in [0.25, 0.3) is 0 Å². The third-order valence-electron chi connectivity index (χ3n) is 2.24. The summed E-state index contributed by atoms with van der Waals surface area (Å²) >= 11 is 0. The van der Waals surface area contributed by atoms with Crippen LogP contribution in [0.4, 0.5) is 5.69 Å². The summed E-state index contributed by atoms with van der Waals surface area (Å²) in [5.41, 5.74) is 2.57. The highest BCUT2D eigenvalue weighted by atomic mass is 35.5. The Labute approximate surface area is 111 Å². The molecule has 2 nitrogen and oxygen atoms in total. The van der Waals surface area contributed by atoms with E-state index in [2.05, 4.69) is 55.5 Å². The summed E-state index contributed by atoms with van der Waals surface area (Å²) in [4.78, 5) is 2.21. The molecule has 0 bridgehead atoms. The van der Waals surface area contributed by atoms with Gasteiger partial charge >= 0.3 is 0 Å². The zero-order chi connectivity index (χ0) is 10.4. The fourth-order valence-corrected chi connectivity index (χ4v) is 1.39. The van der Waals surface area contributed by atoms with Gasteiger partial charge in [0.1, 0.15) is 0 Å². The van der Waals surface area contributed by atoms with Crippen molar-refractivity contribution < 1.29 is 0 Å². The lowest BCUT2D eigenvalue weighted by molar-refractivity contribution is 0.405. The van der Waals surface area contributed by atoms with Crippen molar-refractivity contribution in [2.45, 2.75) is 13.3 Å². The van der Waals surface area contributed by atoms with Crippen LogP contribution in [0.2, 0.25) is 0 Å². The molecule has 4 heteroatoms. The number of nitrogens with zero attached hydrogens (tertiary/aromatic N) is 1. The Morgan fingerprint density at radius 2 is 1.75 bits per heavy atom. The number of halogens is 2. The van der Waals surface area contributed by atoms with Crippen molar-refractivity contribution >= 4 is 30.5 Å². The first-order valence-corrected chi connectivity index (χ1v) is 5.14. The Kier molecular flexibility index (Phi) is 10.9. The van der Waals surface area contributed by atoms with Crippen LogP contribution in [0, 0.1) is 6.92 Å². The van der Waals surface area contributed by atoms with Crippen LogP contribution in [-0.2, 0) is 0 Å². The molecule has 0 radical (unpaired) electrons. The summed E-state index contributed by atoms with van der Waals surface area (Å²) in [6, 6.07) is 8.40. The van der Waals surface area contributed by atoms with E-state index in [0.29, 0.717) is 0 Å². The van der Waals surface area contributed by atoms with Gasteiger partial charge in [-0.3, -0.25) is 0 Å². The van der Waals surface area contributed by atoms with E-state index in [4.69, 9.17) is 0 Å². The second-order valence-corrected chi connectivity index (χ2v) is 3.90. The average molecular weight is 265 g/mol. The Morgan fingerprint density at radius 1 is 1.12 bits per heavy atom. The van der Waals surface area contributed by atoms with Gasteiger partial charge in [0.05, 0.1) is 0 Å². The van der Waals surface area contributed by atoms with E-state index in [0.717, 1.165) is 13.1 Å². The number of nitrogens with one attached hydrogen (secondary N) is 1. The number of aryl methyl sites for hydroxylation is 1. The molecule has 1 aromatic carbocycles. The topological polar surface area (TPSA) is 15.3 Å². The highest BCUT2D eigenvalue weighted by Crippen LogP contribution is 2.12. The van der Waals surface area contributed by atoms with Gasteiger partial charge in [-0.2, -0.15) is 0 Å². The van der Waals surface area contributed by atoms with Crippen LogP contribution < -0.4 is 5.32 Å². The Bertz CT molecular complexity index is 277. The SMILES string of the molecule is Cc1ccccc1NCCCN(C)C.Cl.Cl. The number of hydrogen-bond acceptors (Lipinski definition) is 2. The van der Waals surface area contributed by atoms with Crippen molar-refractivity contribution in [2.75, 3.05) is 32.5 Å². The molecule has 0 saturated heterocycles. The lowest BCUT2D eigenvalue weighted by Gasteiger charge is -2.11. The average Bonchev–Trinajstić information content (AvgIpc) is 2.15. The normalized spacial score (nSPS) is 9.25. The van der Waals surface area contributed by atoms with E-state index in [1.807, 2.05) is 0 Å². The van der Waals surface area contributed by atoms with E-state index < -0.39 is 0 Å². The molecule has 0 unspecified atom stereocenters. The minimum Gasteiger partial charge on any atom is -0.385 e. The predicted molar refractivity (Wildman–Crippen MR) is 77.3 cm³/mol.